The highest BCUT2D eigenvalue weighted by molar-refractivity contribution is 5.87. The second kappa shape index (κ2) is 21.3. The number of aromatic amines is 1. The molecule has 1 fully saturated rings. The highest BCUT2D eigenvalue weighted by Crippen LogP contribution is 2.41. The SMILES string of the molecule is COC(=O)[C@H](Cc1c([C@H]2O[C@H](COCc3ccccc3)[C@@H](OCc3ccccc3)[C@H](OCc3ccccc3)[C@H]2OCc2ccccc2)[nH]c2ccccc12)NC(=O)OC(C)(C)C. The van der Waals surface area contributed by atoms with Crippen LogP contribution >= 0.6 is 0 Å². The molecule has 0 aliphatic carbocycles. The van der Waals surface area contributed by atoms with Gasteiger partial charge in [-0.05, 0) is 54.7 Å². The monoisotopic (exact) mass is 840 g/mol. The van der Waals surface area contributed by atoms with Crippen molar-refractivity contribution in [2.75, 3.05) is 13.7 Å². The Kier molecular flexibility index (Phi) is 15.2. The predicted molar refractivity (Wildman–Crippen MR) is 236 cm³/mol. The van der Waals surface area contributed by atoms with Crippen LogP contribution in [0.3, 0.4) is 0 Å². The zero-order valence-corrected chi connectivity index (χ0v) is 35.7. The number of aromatic nitrogens is 1. The smallest absolute Gasteiger partial charge is 0.408 e. The van der Waals surface area contributed by atoms with Gasteiger partial charge in [0.05, 0.1) is 45.8 Å². The van der Waals surface area contributed by atoms with E-state index in [2.05, 4.69) is 10.3 Å². The van der Waals surface area contributed by atoms with Gasteiger partial charge >= 0.3 is 12.1 Å². The van der Waals surface area contributed by atoms with E-state index in [-0.39, 0.29) is 26.2 Å². The largest absolute Gasteiger partial charge is 0.467 e. The Morgan fingerprint density at radius 2 is 1.13 bits per heavy atom. The lowest BCUT2D eigenvalue weighted by Crippen LogP contribution is -2.58. The summed E-state index contributed by atoms with van der Waals surface area (Å²) < 4.78 is 45.5. The van der Waals surface area contributed by atoms with Crippen LogP contribution in [-0.4, -0.2) is 66.8 Å². The quantitative estimate of drug-likeness (QED) is 0.0815. The summed E-state index contributed by atoms with van der Waals surface area (Å²) in [7, 11) is 1.30. The minimum Gasteiger partial charge on any atom is -0.467 e. The number of methoxy groups -OCH3 is 1. The minimum atomic E-state index is -1.10. The second-order valence-corrected chi connectivity index (χ2v) is 16.4. The maximum Gasteiger partial charge on any atom is 0.408 e. The second-order valence-electron chi connectivity index (χ2n) is 16.4. The lowest BCUT2D eigenvalue weighted by Gasteiger charge is -2.46. The van der Waals surface area contributed by atoms with Gasteiger partial charge in [0, 0.05) is 17.3 Å². The maximum atomic E-state index is 13.5. The van der Waals surface area contributed by atoms with E-state index in [4.69, 9.17) is 33.2 Å². The summed E-state index contributed by atoms with van der Waals surface area (Å²) in [5, 5.41) is 3.61. The Morgan fingerprint density at radius 3 is 1.66 bits per heavy atom. The average Bonchev–Trinajstić information content (AvgIpc) is 3.65. The van der Waals surface area contributed by atoms with E-state index >= 15 is 0 Å². The van der Waals surface area contributed by atoms with Gasteiger partial charge in [0.1, 0.15) is 42.2 Å². The van der Waals surface area contributed by atoms with Crippen LogP contribution in [0.15, 0.2) is 146 Å². The number of alkyl carbamates (subject to hydrolysis) is 1. The first kappa shape index (κ1) is 44.2. The molecule has 1 aliphatic heterocycles. The fraction of sp³-hybridized carbons (Fsp3) is 0.333. The van der Waals surface area contributed by atoms with Crippen molar-refractivity contribution in [2.45, 2.75) is 95.8 Å². The Hall–Kier alpha value is -5.82. The average molecular weight is 841 g/mol. The fourth-order valence-corrected chi connectivity index (χ4v) is 7.69. The molecule has 6 aromatic rings. The number of rotatable bonds is 18. The summed E-state index contributed by atoms with van der Waals surface area (Å²) in [4.78, 5) is 30.3. The topological polar surface area (TPSA) is 127 Å². The molecular weight excluding hydrogens is 785 g/mol. The third-order valence-electron chi connectivity index (χ3n) is 10.6. The van der Waals surface area contributed by atoms with Crippen LogP contribution in [0.1, 0.15) is 60.4 Å². The van der Waals surface area contributed by atoms with E-state index in [0.717, 1.165) is 38.7 Å². The lowest BCUT2D eigenvalue weighted by molar-refractivity contribution is -0.275. The van der Waals surface area contributed by atoms with Crippen molar-refractivity contribution in [3.63, 3.8) is 0 Å². The van der Waals surface area contributed by atoms with Crippen molar-refractivity contribution in [3.05, 3.63) is 179 Å². The number of hydrogen-bond acceptors (Lipinski definition) is 9. The highest BCUT2D eigenvalue weighted by atomic mass is 16.6. The molecular formula is C51H56N2O9. The number of carbonyl (C=O) groups is 2. The van der Waals surface area contributed by atoms with E-state index in [0.29, 0.717) is 18.9 Å². The molecule has 0 radical (unpaired) electrons. The van der Waals surface area contributed by atoms with Crippen molar-refractivity contribution >= 4 is 23.0 Å². The van der Waals surface area contributed by atoms with E-state index in [1.54, 1.807) is 20.8 Å². The zero-order valence-electron chi connectivity index (χ0n) is 35.7. The normalized spacial score (nSPS) is 19.5. The van der Waals surface area contributed by atoms with Crippen LogP contribution in [0.2, 0.25) is 0 Å². The van der Waals surface area contributed by atoms with Crippen molar-refractivity contribution in [1.29, 1.82) is 0 Å². The number of amides is 1. The molecule has 324 valence electrons. The molecule has 1 amide bonds. The molecule has 0 spiro atoms. The number of benzene rings is 5. The first-order valence-corrected chi connectivity index (χ1v) is 21.1. The van der Waals surface area contributed by atoms with Crippen LogP contribution in [0, 0.1) is 0 Å². The number of ether oxygens (including phenoxy) is 7. The molecule has 1 saturated heterocycles. The Morgan fingerprint density at radius 1 is 0.645 bits per heavy atom. The van der Waals surface area contributed by atoms with Gasteiger partial charge < -0.3 is 43.5 Å². The number of esters is 1. The number of nitrogens with one attached hydrogen (secondary N) is 2. The lowest BCUT2D eigenvalue weighted by atomic mass is 9.89. The Labute approximate surface area is 363 Å². The number of fused-ring (bicyclic) bond motifs is 1. The third-order valence-corrected chi connectivity index (χ3v) is 10.6. The molecule has 0 unspecified atom stereocenters. The Bertz CT molecular complexity index is 2300. The van der Waals surface area contributed by atoms with Crippen molar-refractivity contribution in [2.24, 2.45) is 0 Å². The summed E-state index contributed by atoms with van der Waals surface area (Å²) in [6, 6.07) is 46.6. The first-order valence-electron chi connectivity index (χ1n) is 21.1. The zero-order chi connectivity index (χ0) is 43.3. The van der Waals surface area contributed by atoms with Crippen LogP contribution in [0.4, 0.5) is 4.79 Å². The van der Waals surface area contributed by atoms with Crippen LogP contribution in [0.5, 0.6) is 0 Å². The fourth-order valence-electron chi connectivity index (χ4n) is 7.69. The molecule has 2 heterocycles. The summed E-state index contributed by atoms with van der Waals surface area (Å²) in [5.41, 5.74) is 5.38. The molecule has 1 aliphatic rings. The molecule has 11 nitrogen and oxygen atoms in total. The molecule has 2 N–H and O–H groups in total. The van der Waals surface area contributed by atoms with Crippen molar-refractivity contribution in [1.82, 2.24) is 10.3 Å². The van der Waals surface area contributed by atoms with Gasteiger partial charge in [-0.25, -0.2) is 9.59 Å². The van der Waals surface area contributed by atoms with Gasteiger partial charge in [0.2, 0.25) is 0 Å². The molecule has 7 rings (SSSR count). The summed E-state index contributed by atoms with van der Waals surface area (Å²) in [5.74, 6) is -0.626. The molecule has 62 heavy (non-hydrogen) atoms. The number of H-pyrrole nitrogens is 1. The number of para-hydroxylation sites is 1. The van der Waals surface area contributed by atoms with E-state index in [9.17, 15) is 9.59 Å². The van der Waals surface area contributed by atoms with Crippen molar-refractivity contribution in [3.8, 4) is 0 Å². The molecule has 0 saturated carbocycles. The first-order chi connectivity index (χ1) is 30.1. The maximum absolute atomic E-state index is 13.5. The highest BCUT2D eigenvalue weighted by Gasteiger charge is 2.50. The van der Waals surface area contributed by atoms with Gasteiger partial charge in [-0.3, -0.25) is 0 Å². The Balaban J connectivity index is 1.33. The number of hydrogen-bond donors (Lipinski definition) is 2. The van der Waals surface area contributed by atoms with E-state index in [1.807, 2.05) is 146 Å². The summed E-state index contributed by atoms with van der Waals surface area (Å²) in [6.07, 6.45) is -4.25. The summed E-state index contributed by atoms with van der Waals surface area (Å²) >= 11 is 0. The van der Waals surface area contributed by atoms with Gasteiger partial charge in [0.15, 0.2) is 0 Å². The van der Waals surface area contributed by atoms with E-state index < -0.39 is 54.2 Å². The van der Waals surface area contributed by atoms with Gasteiger partial charge in [0.25, 0.3) is 0 Å². The van der Waals surface area contributed by atoms with Crippen molar-refractivity contribution < 1.29 is 42.7 Å². The molecule has 1 aromatic heterocycles. The molecule has 5 aromatic carbocycles. The van der Waals surface area contributed by atoms with Crippen LogP contribution < -0.4 is 5.32 Å². The standard InChI is InChI=1S/C51H56N2O9/c1-51(2,3)62-50(55)53-42(49(54)56-4)29-40-39-27-17-18-28-41(39)52-44(40)46-48(60-33-38-25-15-8-16-26-38)47(59-32-37-23-13-7-14-24-37)45(58-31-36-21-11-6-12-22-36)43(61-46)34-57-30-35-19-9-5-10-20-35/h5-28,42-43,45-48,52H,29-34H2,1-4H3,(H,53,55)/t42-,43+,45+,46+,47-,48-/m0/s1. The van der Waals surface area contributed by atoms with Crippen LogP contribution in [0.25, 0.3) is 10.9 Å². The van der Waals surface area contributed by atoms with Crippen LogP contribution in [-0.2, 0) is 70.8 Å². The predicted octanol–water partition coefficient (Wildman–Crippen LogP) is 9.19. The van der Waals surface area contributed by atoms with Gasteiger partial charge in [-0.15, -0.1) is 0 Å². The summed E-state index contributed by atoms with van der Waals surface area (Å²) in [6.45, 7) is 6.63. The van der Waals surface area contributed by atoms with Gasteiger partial charge in [-0.1, -0.05) is 140 Å². The number of carbonyl (C=O) groups excluding carboxylic acids is 2. The molecule has 0 bridgehead atoms. The molecule has 11 heteroatoms. The minimum absolute atomic E-state index is 0.0508. The van der Waals surface area contributed by atoms with E-state index in [1.165, 1.54) is 7.11 Å². The molecule has 6 atom stereocenters. The van der Waals surface area contributed by atoms with Gasteiger partial charge in [-0.2, -0.15) is 0 Å². The third kappa shape index (κ3) is 12.0.